The van der Waals surface area contributed by atoms with Crippen LogP contribution in [0.5, 0.6) is 0 Å². The fourth-order valence-corrected chi connectivity index (χ4v) is 3.37. The molecule has 1 aromatic carbocycles. The second-order valence-electron chi connectivity index (χ2n) is 6.08. The normalized spacial score (nSPS) is 18.4. The second kappa shape index (κ2) is 5.55. The molecule has 1 unspecified atom stereocenters. The van der Waals surface area contributed by atoms with E-state index in [9.17, 15) is 0 Å². The van der Waals surface area contributed by atoms with Crippen molar-refractivity contribution in [1.29, 1.82) is 0 Å². The first-order valence-corrected chi connectivity index (χ1v) is 8.32. The molecule has 0 amide bonds. The van der Waals surface area contributed by atoms with Crippen molar-refractivity contribution in [2.24, 2.45) is 5.73 Å². The molecule has 23 heavy (non-hydrogen) atoms. The summed E-state index contributed by atoms with van der Waals surface area (Å²) in [5.41, 5.74) is 9.82. The summed E-state index contributed by atoms with van der Waals surface area (Å²) in [6.07, 6.45) is 7.16. The molecule has 1 aliphatic carbocycles. The van der Waals surface area contributed by atoms with Gasteiger partial charge < -0.3 is 5.73 Å². The van der Waals surface area contributed by atoms with Crippen LogP contribution in [0.25, 0.3) is 11.9 Å². The fourth-order valence-electron chi connectivity index (χ4n) is 3.15. The van der Waals surface area contributed by atoms with Gasteiger partial charge in [0, 0.05) is 23.5 Å². The number of para-hydroxylation sites is 1. The lowest BCUT2D eigenvalue weighted by atomic mass is 9.91. The van der Waals surface area contributed by atoms with E-state index in [2.05, 4.69) is 22.0 Å². The summed E-state index contributed by atoms with van der Waals surface area (Å²) < 4.78 is 2.04. The molecular weight excluding hydrogens is 308 g/mol. The van der Waals surface area contributed by atoms with Crippen LogP contribution in [-0.4, -0.2) is 15.6 Å². The predicted octanol–water partition coefficient (Wildman–Crippen LogP) is 4.10. The number of halogens is 1. The van der Waals surface area contributed by atoms with Crippen molar-refractivity contribution in [1.82, 2.24) is 9.55 Å². The Balaban J connectivity index is 1.99. The number of benzene rings is 1. The van der Waals surface area contributed by atoms with E-state index >= 15 is 0 Å². The minimum Gasteiger partial charge on any atom is -0.323 e. The first kappa shape index (κ1) is 14.5. The third-order valence-electron chi connectivity index (χ3n) is 4.46. The minimum atomic E-state index is -0.102. The van der Waals surface area contributed by atoms with Crippen molar-refractivity contribution in [3.8, 4) is 0 Å². The molecule has 118 valence electrons. The van der Waals surface area contributed by atoms with Crippen molar-refractivity contribution in [2.75, 3.05) is 4.90 Å². The van der Waals surface area contributed by atoms with Gasteiger partial charge in [0.1, 0.15) is 16.8 Å². The molecule has 2 heterocycles. The van der Waals surface area contributed by atoms with E-state index in [0.717, 1.165) is 35.9 Å². The lowest BCUT2D eigenvalue weighted by Crippen LogP contribution is -2.38. The molecule has 0 saturated heterocycles. The van der Waals surface area contributed by atoms with E-state index in [1.165, 1.54) is 12.0 Å². The molecule has 1 saturated carbocycles. The number of nitrogens with zero attached hydrogens (tertiary/aromatic N) is 3. The van der Waals surface area contributed by atoms with Gasteiger partial charge in [-0.3, -0.25) is 9.47 Å². The van der Waals surface area contributed by atoms with Gasteiger partial charge in [0.05, 0.1) is 6.20 Å². The molecule has 1 aliphatic heterocycles. The Labute approximate surface area is 140 Å². The van der Waals surface area contributed by atoms with E-state index in [0.29, 0.717) is 5.15 Å². The summed E-state index contributed by atoms with van der Waals surface area (Å²) in [6, 6.07) is 10.2. The maximum atomic E-state index is 6.44. The van der Waals surface area contributed by atoms with Gasteiger partial charge in [-0.25, -0.2) is 4.98 Å². The monoisotopic (exact) mass is 326 g/mol. The van der Waals surface area contributed by atoms with Crippen LogP contribution in [0.1, 0.15) is 32.0 Å². The molecule has 4 rings (SSSR count). The topological polar surface area (TPSA) is 47.1 Å². The lowest BCUT2D eigenvalue weighted by Gasteiger charge is -2.39. The number of aromatic nitrogens is 2. The summed E-state index contributed by atoms with van der Waals surface area (Å²) in [5, 5.41) is 0.635. The molecule has 0 spiro atoms. The summed E-state index contributed by atoms with van der Waals surface area (Å²) in [5.74, 6) is 1.96. The van der Waals surface area contributed by atoms with Gasteiger partial charge in [0.2, 0.25) is 0 Å². The van der Waals surface area contributed by atoms with Gasteiger partial charge in [0.15, 0.2) is 0 Å². The van der Waals surface area contributed by atoms with Gasteiger partial charge in [-0.1, -0.05) is 29.8 Å². The van der Waals surface area contributed by atoms with Crippen LogP contribution < -0.4 is 10.6 Å². The number of hydrogen-bond acceptors (Lipinski definition) is 3. The number of fused-ring (bicyclic) bond motifs is 1. The molecule has 2 aromatic rings. The van der Waals surface area contributed by atoms with E-state index in [-0.39, 0.29) is 6.04 Å². The Hall–Kier alpha value is -2.04. The first-order chi connectivity index (χ1) is 11.2. The standard InChI is InChI=1S/C18H19ClN4/c1-12(20)15-10-17-21-11-16(19)23(17)18(13-6-5-7-13)22(15)14-8-3-2-4-9-14/h2-4,8-12H,5-7,20H2,1H3. The zero-order valence-electron chi connectivity index (χ0n) is 13.0. The largest absolute Gasteiger partial charge is 0.323 e. The van der Waals surface area contributed by atoms with Crippen molar-refractivity contribution in [3.05, 3.63) is 58.8 Å². The van der Waals surface area contributed by atoms with Crippen LogP contribution in [0.2, 0.25) is 5.15 Å². The number of rotatable bonds is 2. The molecule has 1 aromatic heterocycles. The second-order valence-corrected chi connectivity index (χ2v) is 6.47. The van der Waals surface area contributed by atoms with E-state index in [1.807, 2.05) is 35.8 Å². The van der Waals surface area contributed by atoms with Gasteiger partial charge in [-0.2, -0.15) is 0 Å². The van der Waals surface area contributed by atoms with Crippen LogP contribution in [-0.2, 0) is 0 Å². The summed E-state index contributed by atoms with van der Waals surface area (Å²) >= 11 is 6.44. The average Bonchev–Trinajstić information content (AvgIpc) is 2.87. The minimum absolute atomic E-state index is 0.102. The molecular formula is C18H19ClN4. The van der Waals surface area contributed by atoms with Crippen LogP contribution in [0.3, 0.4) is 0 Å². The highest BCUT2D eigenvalue weighted by Crippen LogP contribution is 2.42. The maximum Gasteiger partial charge on any atom is 0.141 e. The SMILES string of the molecule is CC(N)C1=Cc2ncc(Cl)n2C(=C2CCC2)N1c1ccccc1. The number of imidazole rings is 1. The molecule has 4 nitrogen and oxygen atoms in total. The van der Waals surface area contributed by atoms with Crippen LogP contribution in [0.4, 0.5) is 5.69 Å². The summed E-state index contributed by atoms with van der Waals surface area (Å²) in [6.45, 7) is 2.01. The van der Waals surface area contributed by atoms with Crippen molar-refractivity contribution in [2.45, 2.75) is 32.2 Å². The van der Waals surface area contributed by atoms with Gasteiger partial charge in [-0.05, 0) is 43.9 Å². The Morgan fingerprint density at radius 2 is 1.96 bits per heavy atom. The molecule has 5 heteroatoms. The molecule has 0 radical (unpaired) electrons. The molecule has 1 fully saturated rings. The highest BCUT2D eigenvalue weighted by molar-refractivity contribution is 6.30. The van der Waals surface area contributed by atoms with Crippen molar-refractivity contribution >= 4 is 29.2 Å². The molecule has 0 bridgehead atoms. The molecule has 2 N–H and O–H groups in total. The van der Waals surface area contributed by atoms with E-state index in [1.54, 1.807) is 6.20 Å². The van der Waals surface area contributed by atoms with Crippen LogP contribution in [0.15, 0.2) is 47.8 Å². The van der Waals surface area contributed by atoms with Crippen LogP contribution in [0, 0.1) is 0 Å². The predicted molar refractivity (Wildman–Crippen MR) is 94.9 cm³/mol. The Kier molecular flexibility index (Phi) is 3.51. The summed E-state index contributed by atoms with van der Waals surface area (Å²) in [4.78, 5) is 6.68. The molecule has 2 aliphatic rings. The van der Waals surface area contributed by atoms with Gasteiger partial charge in [-0.15, -0.1) is 0 Å². The summed E-state index contributed by atoms with van der Waals surface area (Å²) in [7, 11) is 0. The third kappa shape index (κ3) is 2.30. The van der Waals surface area contributed by atoms with E-state index < -0.39 is 0 Å². The fraction of sp³-hybridized carbons (Fsp3) is 0.278. The smallest absolute Gasteiger partial charge is 0.141 e. The number of allylic oxidation sites excluding steroid dienone is 1. The Bertz CT molecular complexity index is 796. The number of anilines is 1. The highest BCUT2D eigenvalue weighted by atomic mass is 35.5. The average molecular weight is 327 g/mol. The zero-order valence-corrected chi connectivity index (χ0v) is 13.8. The number of nitrogens with two attached hydrogens (primary N) is 1. The van der Waals surface area contributed by atoms with Crippen molar-refractivity contribution in [3.63, 3.8) is 0 Å². The van der Waals surface area contributed by atoms with E-state index in [4.69, 9.17) is 17.3 Å². The third-order valence-corrected chi connectivity index (χ3v) is 4.73. The Morgan fingerprint density at radius 3 is 2.57 bits per heavy atom. The Morgan fingerprint density at radius 1 is 1.22 bits per heavy atom. The maximum absolute atomic E-state index is 6.44. The van der Waals surface area contributed by atoms with Crippen molar-refractivity contribution < 1.29 is 0 Å². The first-order valence-electron chi connectivity index (χ1n) is 7.95. The number of hydrogen-bond donors (Lipinski definition) is 1. The quantitative estimate of drug-likeness (QED) is 0.904. The molecule has 1 atom stereocenters. The van der Waals surface area contributed by atoms with Crippen LogP contribution >= 0.6 is 11.6 Å². The zero-order chi connectivity index (χ0) is 16.0. The van der Waals surface area contributed by atoms with Gasteiger partial charge >= 0.3 is 0 Å². The van der Waals surface area contributed by atoms with Gasteiger partial charge in [0.25, 0.3) is 0 Å². The lowest BCUT2D eigenvalue weighted by molar-refractivity contribution is 0.650. The highest BCUT2D eigenvalue weighted by Gasteiger charge is 2.32.